The van der Waals surface area contributed by atoms with E-state index < -0.39 is 0 Å². The fourth-order valence-corrected chi connectivity index (χ4v) is 2.08. The van der Waals surface area contributed by atoms with Crippen molar-refractivity contribution in [3.63, 3.8) is 0 Å². The first-order chi connectivity index (χ1) is 9.20. The van der Waals surface area contributed by atoms with Crippen LogP contribution in [0.3, 0.4) is 0 Å². The van der Waals surface area contributed by atoms with Crippen LogP contribution in [0, 0.1) is 6.92 Å². The van der Waals surface area contributed by atoms with Gasteiger partial charge in [-0.2, -0.15) is 0 Å². The maximum atomic E-state index is 5.39. The fraction of sp³-hybridized carbons (Fsp3) is 0.312. The Bertz CT molecular complexity index is 526. The Hall–Kier alpha value is -1.87. The summed E-state index contributed by atoms with van der Waals surface area (Å²) in [5.41, 5.74) is 3.67. The third-order valence-electron chi connectivity index (χ3n) is 3.24. The van der Waals surface area contributed by atoms with Gasteiger partial charge in [0.15, 0.2) is 0 Å². The summed E-state index contributed by atoms with van der Waals surface area (Å²) in [6.07, 6.45) is 3.64. The summed E-state index contributed by atoms with van der Waals surface area (Å²) in [4.78, 5) is 4.04. The van der Waals surface area contributed by atoms with Gasteiger partial charge in [0.05, 0.1) is 7.11 Å². The van der Waals surface area contributed by atoms with E-state index >= 15 is 0 Å². The second-order valence-electron chi connectivity index (χ2n) is 4.70. The van der Waals surface area contributed by atoms with Crippen LogP contribution in [0.1, 0.15) is 29.7 Å². The summed E-state index contributed by atoms with van der Waals surface area (Å²) in [6, 6.07) is 10.6. The van der Waals surface area contributed by atoms with E-state index in [0.29, 0.717) is 0 Å². The predicted molar refractivity (Wildman–Crippen MR) is 77.2 cm³/mol. The van der Waals surface area contributed by atoms with Crippen molar-refractivity contribution in [1.82, 2.24) is 10.3 Å². The maximum Gasteiger partial charge on any atom is 0.123 e. The van der Waals surface area contributed by atoms with Crippen molar-refractivity contribution in [1.29, 1.82) is 0 Å². The first-order valence-corrected chi connectivity index (χ1v) is 6.47. The normalized spacial score (nSPS) is 12.2. The largest absolute Gasteiger partial charge is 0.496 e. The molecule has 2 rings (SSSR count). The van der Waals surface area contributed by atoms with Crippen molar-refractivity contribution in [3.05, 3.63) is 59.4 Å². The summed E-state index contributed by atoms with van der Waals surface area (Å²) in [6.45, 7) is 5.03. The molecule has 1 aromatic heterocycles. The molecule has 0 bridgehead atoms. The number of aryl methyl sites for hydroxylation is 1. The first-order valence-electron chi connectivity index (χ1n) is 6.47. The quantitative estimate of drug-likeness (QED) is 0.891. The molecule has 1 atom stereocenters. The molecule has 0 amide bonds. The van der Waals surface area contributed by atoms with Crippen LogP contribution < -0.4 is 10.1 Å². The first kappa shape index (κ1) is 13.6. The molecule has 0 unspecified atom stereocenters. The lowest BCUT2D eigenvalue weighted by molar-refractivity contribution is 0.406. The average molecular weight is 256 g/mol. The zero-order valence-corrected chi connectivity index (χ0v) is 11.7. The third-order valence-corrected chi connectivity index (χ3v) is 3.24. The Kier molecular flexibility index (Phi) is 4.53. The number of nitrogens with one attached hydrogen (secondary N) is 1. The van der Waals surface area contributed by atoms with E-state index in [4.69, 9.17) is 4.74 Å². The minimum Gasteiger partial charge on any atom is -0.496 e. The molecule has 0 saturated heterocycles. The Morgan fingerprint density at radius 3 is 2.63 bits per heavy atom. The Morgan fingerprint density at radius 2 is 1.95 bits per heavy atom. The molecule has 0 fully saturated rings. The zero-order chi connectivity index (χ0) is 13.7. The predicted octanol–water partition coefficient (Wildman–Crippen LogP) is 3.25. The van der Waals surface area contributed by atoms with Crippen LogP contribution in [-0.2, 0) is 6.54 Å². The number of nitrogens with zero attached hydrogens (tertiary/aromatic N) is 1. The minimum absolute atomic E-state index is 0.285. The van der Waals surface area contributed by atoms with Gasteiger partial charge >= 0.3 is 0 Å². The van der Waals surface area contributed by atoms with E-state index in [-0.39, 0.29) is 6.04 Å². The van der Waals surface area contributed by atoms with E-state index in [1.54, 1.807) is 7.11 Å². The van der Waals surface area contributed by atoms with E-state index in [2.05, 4.69) is 36.3 Å². The van der Waals surface area contributed by atoms with Crippen LogP contribution in [0.4, 0.5) is 0 Å². The molecule has 3 nitrogen and oxygen atoms in total. The van der Waals surface area contributed by atoms with Gasteiger partial charge in [-0.1, -0.05) is 17.7 Å². The molecule has 0 radical (unpaired) electrons. The van der Waals surface area contributed by atoms with Gasteiger partial charge in [0, 0.05) is 30.5 Å². The number of benzene rings is 1. The molecule has 0 spiro atoms. The van der Waals surface area contributed by atoms with E-state index in [0.717, 1.165) is 12.3 Å². The number of rotatable bonds is 5. The van der Waals surface area contributed by atoms with Gasteiger partial charge in [0.25, 0.3) is 0 Å². The van der Waals surface area contributed by atoms with Gasteiger partial charge < -0.3 is 10.1 Å². The van der Waals surface area contributed by atoms with Crippen molar-refractivity contribution < 1.29 is 4.74 Å². The zero-order valence-electron chi connectivity index (χ0n) is 11.7. The van der Waals surface area contributed by atoms with E-state index in [1.807, 2.05) is 30.6 Å². The van der Waals surface area contributed by atoms with Gasteiger partial charge in [-0.15, -0.1) is 0 Å². The molecule has 0 aliphatic rings. The molecule has 1 aromatic carbocycles. The maximum absolute atomic E-state index is 5.39. The van der Waals surface area contributed by atoms with Crippen molar-refractivity contribution >= 4 is 0 Å². The van der Waals surface area contributed by atoms with Gasteiger partial charge in [-0.05, 0) is 37.6 Å². The van der Waals surface area contributed by atoms with Crippen LogP contribution >= 0.6 is 0 Å². The lowest BCUT2D eigenvalue weighted by atomic mass is 10.1. The second kappa shape index (κ2) is 6.34. The minimum atomic E-state index is 0.285. The lowest BCUT2D eigenvalue weighted by Gasteiger charge is -2.16. The number of hydrogen-bond donors (Lipinski definition) is 1. The molecule has 0 aliphatic carbocycles. The van der Waals surface area contributed by atoms with Gasteiger partial charge in [0.1, 0.15) is 5.75 Å². The van der Waals surface area contributed by atoms with Gasteiger partial charge in [-0.3, -0.25) is 4.98 Å². The Balaban J connectivity index is 2.04. The Morgan fingerprint density at radius 1 is 1.21 bits per heavy atom. The highest BCUT2D eigenvalue weighted by molar-refractivity contribution is 5.36. The van der Waals surface area contributed by atoms with Crippen LogP contribution in [0.25, 0.3) is 0 Å². The van der Waals surface area contributed by atoms with Crippen molar-refractivity contribution in [3.8, 4) is 5.75 Å². The highest BCUT2D eigenvalue weighted by atomic mass is 16.5. The molecule has 2 aromatic rings. The second-order valence-corrected chi connectivity index (χ2v) is 4.70. The fourth-order valence-electron chi connectivity index (χ4n) is 2.08. The molecule has 1 N–H and O–H groups in total. The summed E-state index contributed by atoms with van der Waals surface area (Å²) in [7, 11) is 1.71. The monoisotopic (exact) mass is 256 g/mol. The summed E-state index contributed by atoms with van der Waals surface area (Å²) < 4.78 is 5.39. The van der Waals surface area contributed by atoms with Crippen LogP contribution in [0.5, 0.6) is 5.75 Å². The molecule has 0 aliphatic heterocycles. The number of ether oxygens (including phenoxy) is 1. The molecular weight excluding hydrogens is 236 g/mol. The van der Waals surface area contributed by atoms with Gasteiger partial charge in [0.2, 0.25) is 0 Å². The van der Waals surface area contributed by atoms with Crippen molar-refractivity contribution in [2.24, 2.45) is 0 Å². The van der Waals surface area contributed by atoms with E-state index in [1.165, 1.54) is 16.7 Å². The SMILES string of the molecule is COc1ccc(C)cc1CN[C@@H](C)c1ccncc1. The van der Waals surface area contributed by atoms with Crippen LogP contribution in [0.15, 0.2) is 42.7 Å². The summed E-state index contributed by atoms with van der Waals surface area (Å²) in [5, 5.41) is 3.51. The average Bonchev–Trinajstić information content (AvgIpc) is 2.46. The van der Waals surface area contributed by atoms with Crippen LogP contribution in [-0.4, -0.2) is 12.1 Å². The number of pyridine rings is 1. The highest BCUT2D eigenvalue weighted by Crippen LogP contribution is 2.20. The molecule has 0 saturated carbocycles. The summed E-state index contributed by atoms with van der Waals surface area (Å²) in [5.74, 6) is 0.931. The molecule has 3 heteroatoms. The number of aromatic nitrogens is 1. The van der Waals surface area contributed by atoms with Crippen molar-refractivity contribution in [2.45, 2.75) is 26.4 Å². The van der Waals surface area contributed by atoms with Gasteiger partial charge in [-0.25, -0.2) is 0 Å². The molecule has 19 heavy (non-hydrogen) atoms. The van der Waals surface area contributed by atoms with Crippen molar-refractivity contribution in [2.75, 3.05) is 7.11 Å². The van der Waals surface area contributed by atoms with Crippen LogP contribution in [0.2, 0.25) is 0 Å². The lowest BCUT2D eigenvalue weighted by Crippen LogP contribution is -2.18. The summed E-state index contributed by atoms with van der Waals surface area (Å²) >= 11 is 0. The number of hydrogen-bond acceptors (Lipinski definition) is 3. The Labute approximate surface area is 114 Å². The van der Waals surface area contributed by atoms with E-state index in [9.17, 15) is 0 Å². The third kappa shape index (κ3) is 3.55. The topological polar surface area (TPSA) is 34.1 Å². The molecule has 100 valence electrons. The smallest absolute Gasteiger partial charge is 0.123 e. The standard InChI is InChI=1S/C16H20N2O/c1-12-4-5-16(19-3)15(10-12)11-18-13(2)14-6-8-17-9-7-14/h4-10,13,18H,11H2,1-3H3/t13-/m0/s1. The number of methoxy groups -OCH3 is 1. The molecule has 1 heterocycles. The molecular formula is C16H20N2O. The highest BCUT2D eigenvalue weighted by Gasteiger charge is 2.07.